The number of carboxylic acids is 1. The maximum atomic E-state index is 14.2. The van der Waals surface area contributed by atoms with Gasteiger partial charge in [-0.1, -0.05) is 91.0 Å². The number of carboxylic acid groups (broad SMARTS) is 1. The number of hydrogen-bond donors (Lipinski definition) is 12. The van der Waals surface area contributed by atoms with Crippen molar-refractivity contribution in [2.75, 3.05) is 39.3 Å². The molecular weight excluding hydrogens is 1010 g/mol. The van der Waals surface area contributed by atoms with E-state index in [1.165, 1.54) is 9.80 Å². The van der Waals surface area contributed by atoms with Crippen molar-refractivity contribution in [1.29, 1.82) is 0 Å². The summed E-state index contributed by atoms with van der Waals surface area (Å²) >= 11 is 0. The quantitative estimate of drug-likeness (QED) is 0.0193. The molecule has 17 N–H and O–H groups in total. The maximum absolute atomic E-state index is 14.2. The number of benzene rings is 3. The van der Waals surface area contributed by atoms with Crippen LogP contribution in [0.4, 0.5) is 0 Å². The second kappa shape index (κ2) is 30.8. The Labute approximate surface area is 452 Å². The first-order valence-electron chi connectivity index (χ1n) is 26.0. The highest BCUT2D eigenvalue weighted by atomic mass is 16.4. The van der Waals surface area contributed by atoms with Crippen LogP contribution in [-0.2, 0) is 62.4 Å². The van der Waals surface area contributed by atoms with Gasteiger partial charge in [-0.05, 0) is 68.1 Å². The Kier molecular flexibility index (Phi) is 23.8. The van der Waals surface area contributed by atoms with Crippen LogP contribution in [0.5, 0.6) is 0 Å². The fraction of sp³-hybridized carbons (Fsp3) is 0.453. The van der Waals surface area contributed by atoms with E-state index in [9.17, 15) is 48.3 Å². The van der Waals surface area contributed by atoms with Crippen molar-refractivity contribution < 1.29 is 48.3 Å². The molecule has 0 radical (unpaired) electrons. The van der Waals surface area contributed by atoms with Gasteiger partial charge in [0.25, 0.3) is 0 Å². The lowest BCUT2D eigenvalue weighted by atomic mass is 10.0. The molecule has 3 aromatic rings. The zero-order valence-corrected chi connectivity index (χ0v) is 43.5. The molecule has 2 heterocycles. The van der Waals surface area contributed by atoms with E-state index in [2.05, 4.69) is 41.9 Å². The highest BCUT2D eigenvalue weighted by Crippen LogP contribution is 2.26. The second-order valence-corrected chi connectivity index (χ2v) is 19.1. The fourth-order valence-corrected chi connectivity index (χ4v) is 9.19. The summed E-state index contributed by atoms with van der Waals surface area (Å²) in [7, 11) is 0. The van der Waals surface area contributed by atoms with Gasteiger partial charge in [-0.25, -0.2) is 4.79 Å². The van der Waals surface area contributed by atoms with Gasteiger partial charge >= 0.3 is 5.97 Å². The largest absolute Gasteiger partial charge is 0.480 e. The smallest absolute Gasteiger partial charge is 0.326 e. The number of nitrogens with two attached hydrogens (primary N) is 5. The van der Waals surface area contributed by atoms with Crippen molar-refractivity contribution in [2.24, 2.45) is 38.7 Å². The number of amides is 8. The summed E-state index contributed by atoms with van der Waals surface area (Å²) in [5.41, 5.74) is 29.7. The third kappa shape index (κ3) is 19.5. The second-order valence-electron chi connectivity index (χ2n) is 19.1. The molecule has 0 saturated carbocycles. The van der Waals surface area contributed by atoms with Crippen molar-refractivity contribution >= 4 is 65.1 Å². The average Bonchev–Trinajstić information content (AvgIpc) is 4.18. The summed E-state index contributed by atoms with van der Waals surface area (Å²) in [5.74, 6) is -6.78. The first-order chi connectivity index (χ1) is 37.4. The van der Waals surface area contributed by atoms with E-state index in [1.54, 1.807) is 91.0 Å². The minimum Gasteiger partial charge on any atom is -0.480 e. The van der Waals surface area contributed by atoms with Crippen LogP contribution >= 0.6 is 0 Å². The van der Waals surface area contributed by atoms with Gasteiger partial charge in [0.2, 0.25) is 47.3 Å². The van der Waals surface area contributed by atoms with E-state index in [0.29, 0.717) is 68.3 Å². The summed E-state index contributed by atoms with van der Waals surface area (Å²) in [5, 5.41) is 25.6. The number of carbonyl (C=O) groups is 9. The van der Waals surface area contributed by atoms with Crippen LogP contribution < -0.4 is 60.6 Å². The number of nitrogens with one attached hydrogen (secondary N) is 6. The Bertz CT molecular complexity index is 2580. The molecule has 25 nitrogen and oxygen atoms in total. The number of nitrogens with zero attached hydrogens (tertiary/aromatic N) is 4. The topological polar surface area (TPSA) is 407 Å². The first-order valence-corrected chi connectivity index (χ1v) is 26.0. The molecule has 25 heteroatoms. The van der Waals surface area contributed by atoms with Gasteiger partial charge < -0.3 is 75.5 Å². The lowest BCUT2D eigenvalue weighted by molar-refractivity contribution is -0.147. The van der Waals surface area contributed by atoms with Gasteiger partial charge in [-0.15, -0.1) is 0 Å². The Balaban J connectivity index is 1.21. The predicted molar refractivity (Wildman–Crippen MR) is 289 cm³/mol. The molecule has 2 saturated heterocycles. The molecule has 5 rings (SSSR count). The van der Waals surface area contributed by atoms with Gasteiger partial charge in [-0.2, -0.15) is 0 Å². The van der Waals surface area contributed by atoms with Gasteiger partial charge in [-0.3, -0.25) is 48.3 Å². The Morgan fingerprint density at radius 1 is 0.538 bits per heavy atom. The van der Waals surface area contributed by atoms with Crippen molar-refractivity contribution in [3.8, 4) is 0 Å². The zero-order valence-electron chi connectivity index (χ0n) is 43.5. The standard InChI is InChI=1S/C53H73N15O10/c54-36(20-10-24-59-52(55)56)49(75)68-27-13-23-42(68)50(76)67-26-12-22-41(67)48(74)62-32-44(70)63-38(28-33-14-4-1-5-15-33)45(71)61-31-43(69)64-39(29-34-16-6-2-7-17-34)46(72)66-40(30-35-18-8-3-9-19-35)47(73)65-37(51(77)78)21-11-25-60-53(57)58/h1-9,14-19,36-42H,10-13,20-32,54H2,(H,61,71)(H,62,74)(H,63,70)(H,64,69)(H,65,73)(H,66,72)(H,77,78)(H4,55,56,59)(H4,57,58,60)/t36-,37-,38-,39+,40-,41-,42-/m0/s1. The third-order valence-corrected chi connectivity index (χ3v) is 13.1. The molecule has 2 aliphatic heterocycles. The van der Waals surface area contributed by atoms with Crippen LogP contribution in [0.25, 0.3) is 0 Å². The van der Waals surface area contributed by atoms with E-state index in [-0.39, 0.29) is 68.9 Å². The van der Waals surface area contributed by atoms with Crippen molar-refractivity contribution in [3.05, 3.63) is 108 Å². The maximum Gasteiger partial charge on any atom is 0.326 e. The summed E-state index contributed by atoms with van der Waals surface area (Å²) in [6.07, 6.45) is 2.67. The van der Waals surface area contributed by atoms with E-state index >= 15 is 0 Å². The predicted octanol–water partition coefficient (Wildman–Crippen LogP) is -2.61. The number of likely N-dealkylation sites (tertiary alicyclic amines) is 2. The lowest BCUT2D eigenvalue weighted by Crippen LogP contribution is -2.58. The summed E-state index contributed by atoms with van der Waals surface area (Å²) in [4.78, 5) is 133. The zero-order chi connectivity index (χ0) is 56.6. The van der Waals surface area contributed by atoms with E-state index in [1.807, 2.05) is 0 Å². The number of aliphatic carboxylic acids is 1. The third-order valence-electron chi connectivity index (χ3n) is 13.1. The molecule has 8 amide bonds. The number of carbonyl (C=O) groups excluding carboxylic acids is 8. The molecule has 2 aliphatic rings. The fourth-order valence-electron chi connectivity index (χ4n) is 9.19. The van der Waals surface area contributed by atoms with Gasteiger partial charge in [0.15, 0.2) is 11.9 Å². The minimum absolute atomic E-state index is 0.0156. The summed E-state index contributed by atoms with van der Waals surface area (Å²) in [6, 6.07) is 18.4. The monoisotopic (exact) mass is 1080 g/mol. The molecule has 0 spiro atoms. The van der Waals surface area contributed by atoms with Gasteiger partial charge in [0.1, 0.15) is 36.3 Å². The number of hydrogen-bond acceptors (Lipinski definition) is 12. The van der Waals surface area contributed by atoms with Crippen LogP contribution in [0.3, 0.4) is 0 Å². The van der Waals surface area contributed by atoms with Crippen molar-refractivity contribution in [3.63, 3.8) is 0 Å². The minimum atomic E-state index is -1.35. The lowest BCUT2D eigenvalue weighted by Gasteiger charge is -2.32. The normalized spacial score (nSPS) is 16.7. The van der Waals surface area contributed by atoms with Crippen molar-refractivity contribution in [1.82, 2.24) is 41.7 Å². The highest BCUT2D eigenvalue weighted by Gasteiger charge is 2.43. The molecule has 0 bridgehead atoms. The Morgan fingerprint density at radius 3 is 1.45 bits per heavy atom. The van der Waals surface area contributed by atoms with Gasteiger partial charge in [0.05, 0.1) is 19.1 Å². The van der Waals surface area contributed by atoms with Crippen LogP contribution in [0, 0.1) is 0 Å². The molecule has 78 heavy (non-hydrogen) atoms. The van der Waals surface area contributed by atoms with E-state index in [0.717, 1.165) is 0 Å². The summed E-state index contributed by atoms with van der Waals surface area (Å²) in [6.45, 7) is -0.192. The Morgan fingerprint density at radius 2 is 0.962 bits per heavy atom. The number of aliphatic imine (C=N–C) groups is 2. The molecule has 3 aromatic carbocycles. The molecular formula is C53H73N15O10. The van der Waals surface area contributed by atoms with Gasteiger partial charge in [0, 0.05) is 45.4 Å². The van der Waals surface area contributed by atoms with E-state index < -0.39 is 96.8 Å². The first kappa shape index (κ1) is 60.3. The van der Waals surface area contributed by atoms with Crippen LogP contribution in [0.15, 0.2) is 101 Å². The van der Waals surface area contributed by atoms with Crippen LogP contribution in [0.1, 0.15) is 68.1 Å². The Hall–Kier alpha value is -8.61. The molecule has 7 atom stereocenters. The number of rotatable bonds is 29. The highest BCUT2D eigenvalue weighted by molar-refractivity contribution is 5.97. The SMILES string of the molecule is NC(N)=NCCC[C@H](NC(=O)[C@H](Cc1ccccc1)NC(=O)[C@@H](Cc1ccccc1)NC(=O)CNC(=O)[C@H](Cc1ccccc1)NC(=O)CNC(=O)[C@@H]1CCCN1C(=O)[C@@H]1CCCN1C(=O)[C@@H](N)CCCN=C(N)N)C(=O)O. The van der Waals surface area contributed by atoms with Crippen molar-refractivity contribution in [2.45, 2.75) is 113 Å². The molecule has 420 valence electrons. The van der Waals surface area contributed by atoms with E-state index in [4.69, 9.17) is 28.7 Å². The van der Waals surface area contributed by atoms with Crippen LogP contribution in [-0.4, -0.2) is 162 Å². The molecule has 2 fully saturated rings. The molecule has 0 unspecified atom stereocenters. The molecule has 0 aromatic heterocycles. The average molecular weight is 1080 g/mol. The number of guanidine groups is 2. The summed E-state index contributed by atoms with van der Waals surface area (Å²) < 4.78 is 0. The van der Waals surface area contributed by atoms with Crippen LogP contribution in [0.2, 0.25) is 0 Å². The molecule has 0 aliphatic carbocycles.